The van der Waals surface area contributed by atoms with E-state index in [0.717, 1.165) is 0 Å². The number of alkyl halides is 3. The predicted molar refractivity (Wildman–Crippen MR) is 86.9 cm³/mol. The fourth-order valence-electron chi connectivity index (χ4n) is 3.05. The Balaban J connectivity index is 1.78. The average Bonchev–Trinajstić information content (AvgIpc) is 2.89. The summed E-state index contributed by atoms with van der Waals surface area (Å²) < 4.78 is 41.6. The van der Waals surface area contributed by atoms with Gasteiger partial charge in [-0.1, -0.05) is 13.3 Å². The second kappa shape index (κ2) is 7.14. The highest BCUT2D eigenvalue weighted by Gasteiger charge is 2.40. The zero-order valence-electron chi connectivity index (χ0n) is 14.4. The topological polar surface area (TPSA) is 112 Å². The molecular formula is C16H18F3N5O3. The van der Waals surface area contributed by atoms with Gasteiger partial charge in [0.1, 0.15) is 11.3 Å². The molecule has 27 heavy (non-hydrogen) atoms. The number of carbonyl (C=O) groups excluding carboxylic acids is 2. The maximum Gasteiger partial charge on any atom is 0.522 e. The molecule has 0 radical (unpaired) electrons. The fraction of sp³-hybridized carbons (Fsp3) is 0.500. The van der Waals surface area contributed by atoms with Crippen LogP contribution in [0.3, 0.4) is 0 Å². The SMILES string of the molecule is CCCc1nn2c(C(=O)NC3CC(OC(F)(F)F)C3)ccnc2c1C(N)=O. The number of ether oxygens (including phenoxy) is 1. The molecule has 11 heteroatoms. The molecule has 1 aliphatic rings. The van der Waals surface area contributed by atoms with Crippen LogP contribution in [-0.2, 0) is 11.2 Å². The summed E-state index contributed by atoms with van der Waals surface area (Å²) in [6, 6.07) is 0.979. The summed E-state index contributed by atoms with van der Waals surface area (Å²) in [6.45, 7) is 1.91. The van der Waals surface area contributed by atoms with Crippen LogP contribution in [-0.4, -0.2) is 44.9 Å². The molecule has 0 bridgehead atoms. The van der Waals surface area contributed by atoms with Crippen molar-refractivity contribution in [1.82, 2.24) is 19.9 Å². The van der Waals surface area contributed by atoms with E-state index in [4.69, 9.17) is 5.73 Å². The van der Waals surface area contributed by atoms with Crippen LogP contribution in [0.2, 0.25) is 0 Å². The number of halogens is 3. The van der Waals surface area contributed by atoms with Gasteiger partial charge in [0.25, 0.3) is 11.8 Å². The average molecular weight is 385 g/mol. The molecule has 1 aliphatic carbocycles. The smallest absolute Gasteiger partial charge is 0.365 e. The van der Waals surface area contributed by atoms with E-state index in [1.807, 2.05) is 6.92 Å². The summed E-state index contributed by atoms with van der Waals surface area (Å²) in [4.78, 5) is 28.4. The molecule has 0 aliphatic heterocycles. The molecule has 1 saturated carbocycles. The highest BCUT2D eigenvalue weighted by Crippen LogP contribution is 2.30. The molecule has 0 aromatic carbocycles. The molecule has 3 rings (SSSR count). The van der Waals surface area contributed by atoms with Crippen molar-refractivity contribution in [2.75, 3.05) is 0 Å². The summed E-state index contributed by atoms with van der Waals surface area (Å²) in [7, 11) is 0. The maximum atomic E-state index is 12.5. The van der Waals surface area contributed by atoms with E-state index < -0.39 is 30.3 Å². The third-order valence-electron chi connectivity index (χ3n) is 4.29. The van der Waals surface area contributed by atoms with Gasteiger partial charge < -0.3 is 11.1 Å². The van der Waals surface area contributed by atoms with E-state index in [0.29, 0.717) is 18.5 Å². The van der Waals surface area contributed by atoms with Gasteiger partial charge in [0.2, 0.25) is 0 Å². The number of aryl methyl sites for hydroxylation is 1. The molecular weight excluding hydrogens is 367 g/mol. The van der Waals surface area contributed by atoms with Gasteiger partial charge in [-0.3, -0.25) is 14.3 Å². The Morgan fingerprint density at radius 3 is 2.70 bits per heavy atom. The van der Waals surface area contributed by atoms with Gasteiger partial charge in [-0.05, 0) is 25.3 Å². The summed E-state index contributed by atoms with van der Waals surface area (Å²) in [5, 5.41) is 6.92. The Morgan fingerprint density at radius 2 is 2.11 bits per heavy atom. The molecule has 0 saturated heterocycles. The lowest BCUT2D eigenvalue weighted by atomic mass is 9.89. The lowest BCUT2D eigenvalue weighted by Gasteiger charge is -2.35. The minimum absolute atomic E-state index is 0.0617. The number of primary amides is 1. The second-order valence-corrected chi connectivity index (χ2v) is 6.33. The number of amides is 2. The van der Waals surface area contributed by atoms with Crippen molar-refractivity contribution in [3.63, 3.8) is 0 Å². The normalized spacial score (nSPS) is 19.7. The van der Waals surface area contributed by atoms with Gasteiger partial charge in [-0.15, -0.1) is 13.2 Å². The molecule has 8 nitrogen and oxygen atoms in total. The number of fused-ring (bicyclic) bond motifs is 1. The number of hydrogen-bond acceptors (Lipinski definition) is 5. The van der Waals surface area contributed by atoms with Crippen LogP contribution in [0, 0.1) is 0 Å². The lowest BCUT2D eigenvalue weighted by molar-refractivity contribution is -0.351. The Kier molecular flexibility index (Phi) is 5.05. The first-order valence-electron chi connectivity index (χ1n) is 8.41. The number of aromatic nitrogens is 3. The van der Waals surface area contributed by atoms with Crippen molar-refractivity contribution >= 4 is 17.5 Å². The first kappa shape index (κ1) is 19.1. The van der Waals surface area contributed by atoms with Gasteiger partial charge in [-0.25, -0.2) is 9.50 Å². The summed E-state index contributed by atoms with van der Waals surface area (Å²) >= 11 is 0. The van der Waals surface area contributed by atoms with Crippen molar-refractivity contribution in [2.24, 2.45) is 5.73 Å². The van der Waals surface area contributed by atoms with Crippen LogP contribution in [0.4, 0.5) is 13.2 Å². The number of nitrogens with two attached hydrogens (primary N) is 1. The van der Waals surface area contributed by atoms with Crippen LogP contribution in [0.5, 0.6) is 0 Å². The van der Waals surface area contributed by atoms with E-state index in [-0.39, 0.29) is 29.7 Å². The van der Waals surface area contributed by atoms with Gasteiger partial charge in [0, 0.05) is 12.2 Å². The quantitative estimate of drug-likeness (QED) is 0.784. The molecule has 2 aromatic heterocycles. The Morgan fingerprint density at radius 1 is 1.41 bits per heavy atom. The van der Waals surface area contributed by atoms with Crippen LogP contribution in [0.15, 0.2) is 12.3 Å². The first-order valence-corrected chi connectivity index (χ1v) is 8.41. The van der Waals surface area contributed by atoms with E-state index >= 15 is 0 Å². The lowest BCUT2D eigenvalue weighted by Crippen LogP contribution is -2.49. The maximum absolute atomic E-state index is 12.5. The van der Waals surface area contributed by atoms with E-state index in [1.54, 1.807) is 0 Å². The zero-order valence-corrected chi connectivity index (χ0v) is 14.4. The highest BCUT2D eigenvalue weighted by molar-refractivity contribution is 6.01. The van der Waals surface area contributed by atoms with E-state index in [1.165, 1.54) is 16.8 Å². The minimum Gasteiger partial charge on any atom is -0.365 e. The number of carbonyl (C=O) groups is 2. The van der Waals surface area contributed by atoms with Crippen LogP contribution in [0.25, 0.3) is 5.65 Å². The number of nitrogens with zero attached hydrogens (tertiary/aromatic N) is 3. The van der Waals surface area contributed by atoms with Crippen molar-refractivity contribution in [2.45, 2.75) is 51.1 Å². The second-order valence-electron chi connectivity index (χ2n) is 6.33. The number of hydrogen-bond donors (Lipinski definition) is 2. The van der Waals surface area contributed by atoms with Crippen molar-refractivity contribution < 1.29 is 27.5 Å². The summed E-state index contributed by atoms with van der Waals surface area (Å²) in [5.74, 6) is -1.22. The summed E-state index contributed by atoms with van der Waals surface area (Å²) in [6.07, 6.45) is -2.97. The largest absolute Gasteiger partial charge is 0.522 e. The zero-order chi connectivity index (χ0) is 19.8. The Labute approximate surface area is 151 Å². The van der Waals surface area contributed by atoms with E-state index in [2.05, 4.69) is 20.1 Å². The third kappa shape index (κ3) is 4.02. The number of rotatable bonds is 6. The molecule has 1 fully saturated rings. The molecule has 146 valence electrons. The van der Waals surface area contributed by atoms with Gasteiger partial charge >= 0.3 is 6.36 Å². The standard InChI is InChI=1S/C16H18F3N5O3/c1-2-3-10-12(13(20)25)14-21-5-4-11(24(14)23-10)15(26)22-8-6-9(7-8)27-16(17,18)19/h4-5,8-9H,2-3,6-7H2,1H3,(H2,20,25)(H,22,26). The molecule has 2 heterocycles. The highest BCUT2D eigenvalue weighted by atomic mass is 19.4. The molecule has 0 unspecified atom stereocenters. The van der Waals surface area contributed by atoms with Crippen molar-refractivity contribution in [3.8, 4) is 0 Å². The summed E-state index contributed by atoms with van der Waals surface area (Å²) in [5.41, 5.74) is 6.31. The molecule has 0 atom stereocenters. The Bertz CT molecular complexity index is 874. The molecule has 0 spiro atoms. The minimum atomic E-state index is -4.69. The predicted octanol–water partition coefficient (Wildman–Crippen LogP) is 1.58. The molecule has 3 N–H and O–H groups in total. The number of nitrogens with one attached hydrogen (secondary N) is 1. The van der Waals surface area contributed by atoms with Crippen LogP contribution < -0.4 is 11.1 Å². The van der Waals surface area contributed by atoms with E-state index in [9.17, 15) is 22.8 Å². The molecule has 2 aromatic rings. The Hall–Kier alpha value is -2.69. The van der Waals surface area contributed by atoms with Gasteiger partial charge in [-0.2, -0.15) is 5.10 Å². The molecule has 2 amide bonds. The van der Waals surface area contributed by atoms with Gasteiger partial charge in [0.15, 0.2) is 5.65 Å². The van der Waals surface area contributed by atoms with Crippen molar-refractivity contribution in [3.05, 3.63) is 29.2 Å². The monoisotopic (exact) mass is 385 g/mol. The van der Waals surface area contributed by atoms with Gasteiger partial charge in [0.05, 0.1) is 11.8 Å². The van der Waals surface area contributed by atoms with Crippen LogP contribution >= 0.6 is 0 Å². The van der Waals surface area contributed by atoms with Crippen LogP contribution in [0.1, 0.15) is 52.7 Å². The third-order valence-corrected chi connectivity index (χ3v) is 4.29. The fourth-order valence-corrected chi connectivity index (χ4v) is 3.05. The van der Waals surface area contributed by atoms with Crippen molar-refractivity contribution in [1.29, 1.82) is 0 Å². The first-order chi connectivity index (χ1) is 12.7.